The summed E-state index contributed by atoms with van der Waals surface area (Å²) in [5.41, 5.74) is 4.17. The second-order valence-electron chi connectivity index (χ2n) is 20.0. The Hall–Kier alpha value is -6.91. The molecule has 6 aromatic rings. The van der Waals surface area contributed by atoms with Gasteiger partial charge in [-0.1, -0.05) is 179 Å². The third-order valence-electron chi connectivity index (χ3n) is 13.6. The zero-order valence-electron chi connectivity index (χ0n) is 45.3. The lowest BCUT2D eigenvalue weighted by Crippen LogP contribution is -2.72. The Morgan fingerprint density at radius 2 is 0.697 bits per heavy atom. The van der Waals surface area contributed by atoms with Gasteiger partial charge in [0.1, 0.15) is 34.1 Å². The van der Waals surface area contributed by atoms with Gasteiger partial charge in [-0.05, 0) is 110 Å². The Labute approximate surface area is 455 Å². The van der Waals surface area contributed by atoms with Crippen molar-refractivity contribution in [1.82, 2.24) is 9.19 Å². The molecule has 0 bridgehead atoms. The summed E-state index contributed by atoms with van der Waals surface area (Å²) in [6.45, 7) is 5.90. The highest BCUT2D eigenvalue weighted by Gasteiger charge is 2.40. The van der Waals surface area contributed by atoms with Crippen molar-refractivity contribution in [3.63, 3.8) is 0 Å². The maximum Gasteiger partial charge on any atom is 1.04 e. The highest BCUT2D eigenvalue weighted by molar-refractivity contribution is 6.32. The van der Waals surface area contributed by atoms with E-state index < -0.39 is 11.9 Å². The van der Waals surface area contributed by atoms with Crippen molar-refractivity contribution >= 4 is 27.0 Å². The maximum absolute atomic E-state index is 12.9. The molecule has 7 rings (SSSR count). The van der Waals surface area contributed by atoms with E-state index in [0.29, 0.717) is 35.8 Å². The lowest BCUT2D eigenvalue weighted by atomic mass is 10.1. The first-order valence-corrected chi connectivity index (χ1v) is 28.5. The van der Waals surface area contributed by atoms with Gasteiger partial charge in [-0.2, -0.15) is 9.19 Å². The van der Waals surface area contributed by atoms with Crippen LogP contribution in [0.25, 0.3) is 0 Å². The highest BCUT2D eigenvalue weighted by Crippen LogP contribution is 2.20. The van der Waals surface area contributed by atoms with E-state index >= 15 is 0 Å². The fraction of sp³-hybridized carbons (Fsp3) is 0.438. The van der Waals surface area contributed by atoms with E-state index in [2.05, 4.69) is 37.5 Å². The maximum atomic E-state index is 12.9. The first kappa shape index (κ1) is 56.8. The SMILES string of the molecule is CCCCCCCCCCCCCCOc1ccc(C(=O)Oc2ccc(C#Cc3cn4[n+](c3)[B][n+]3cc(C#Cc5ccc(OC(=O)c6ccc(OCCCCCCCCCCCCCC)cc6)cc5)cn3[B]4)cc2)cc1. The number of rotatable bonds is 32. The van der Waals surface area contributed by atoms with Crippen molar-refractivity contribution in [1.29, 1.82) is 0 Å². The summed E-state index contributed by atoms with van der Waals surface area (Å²) in [6.07, 6.45) is 39.3. The van der Waals surface area contributed by atoms with E-state index in [1.807, 2.05) is 107 Å². The van der Waals surface area contributed by atoms with Gasteiger partial charge in [-0.25, -0.2) is 9.59 Å². The average molecular weight is 1020 g/mol. The highest BCUT2D eigenvalue weighted by atomic mass is 16.5. The molecule has 12 heteroatoms. The summed E-state index contributed by atoms with van der Waals surface area (Å²) in [5, 5.41) is 0. The van der Waals surface area contributed by atoms with Crippen molar-refractivity contribution in [3.05, 3.63) is 155 Å². The predicted octanol–water partition coefficient (Wildman–Crippen LogP) is 13.4. The Kier molecular flexibility index (Phi) is 24.3. The number of fused-ring (bicyclic) bond motifs is 2. The zero-order chi connectivity index (χ0) is 52.8. The van der Waals surface area contributed by atoms with Gasteiger partial charge >= 0.3 is 27.0 Å². The van der Waals surface area contributed by atoms with Gasteiger partial charge in [0.05, 0.1) is 36.7 Å². The third kappa shape index (κ3) is 20.0. The summed E-state index contributed by atoms with van der Waals surface area (Å²) in [6, 6.07) is 28.7. The molecule has 2 aromatic heterocycles. The van der Waals surface area contributed by atoms with E-state index in [4.69, 9.17) is 18.9 Å². The second-order valence-corrected chi connectivity index (χ2v) is 20.0. The van der Waals surface area contributed by atoms with Crippen LogP contribution in [0.2, 0.25) is 0 Å². The molecule has 1 aliphatic heterocycles. The fourth-order valence-electron chi connectivity index (χ4n) is 9.12. The Morgan fingerprint density at radius 1 is 0.395 bits per heavy atom. The molecule has 2 radical (unpaired) electrons. The summed E-state index contributed by atoms with van der Waals surface area (Å²) in [4.78, 5) is 25.8. The van der Waals surface area contributed by atoms with Crippen LogP contribution in [0.1, 0.15) is 211 Å². The Bertz CT molecular complexity index is 2570. The van der Waals surface area contributed by atoms with E-state index in [9.17, 15) is 9.59 Å². The first-order chi connectivity index (χ1) is 37.4. The van der Waals surface area contributed by atoms with E-state index in [-0.39, 0.29) is 0 Å². The van der Waals surface area contributed by atoms with Gasteiger partial charge in [0.2, 0.25) is 0 Å². The van der Waals surface area contributed by atoms with Crippen molar-refractivity contribution in [2.24, 2.45) is 0 Å². The van der Waals surface area contributed by atoms with Crippen LogP contribution in [0.15, 0.2) is 122 Å². The normalized spacial score (nSPS) is 11.2. The van der Waals surface area contributed by atoms with Gasteiger partial charge in [-0.15, -0.1) is 9.19 Å². The first-order valence-electron chi connectivity index (χ1n) is 28.5. The van der Waals surface area contributed by atoms with Crippen LogP contribution >= 0.6 is 0 Å². The lowest BCUT2D eigenvalue weighted by Gasteiger charge is -2.08. The molecule has 4 aromatic carbocycles. The van der Waals surface area contributed by atoms with Crippen LogP contribution in [0, 0.1) is 23.7 Å². The molecular formula is C64H78B2N4O6+2. The molecule has 76 heavy (non-hydrogen) atoms. The van der Waals surface area contributed by atoms with Gasteiger partial charge in [0.15, 0.2) is 12.4 Å². The van der Waals surface area contributed by atoms with Gasteiger partial charge in [-0.3, -0.25) is 0 Å². The number of ether oxygens (including phenoxy) is 4. The minimum absolute atomic E-state index is 0.423. The van der Waals surface area contributed by atoms with Crippen LogP contribution in [-0.2, 0) is 0 Å². The molecule has 0 saturated carbocycles. The van der Waals surface area contributed by atoms with Crippen molar-refractivity contribution in [2.45, 2.75) is 168 Å². The molecule has 10 nitrogen and oxygen atoms in total. The van der Waals surface area contributed by atoms with Crippen LogP contribution in [0.5, 0.6) is 23.0 Å². The number of aromatic nitrogens is 4. The predicted molar refractivity (Wildman–Crippen MR) is 303 cm³/mol. The number of hydrogen-bond donors (Lipinski definition) is 0. The number of esters is 2. The molecule has 0 aliphatic carbocycles. The molecule has 0 saturated heterocycles. The Morgan fingerprint density at radius 3 is 1.04 bits per heavy atom. The smallest absolute Gasteiger partial charge is 0.494 e. The second kappa shape index (κ2) is 32.5. The van der Waals surface area contributed by atoms with E-state index in [0.717, 1.165) is 46.6 Å². The fourth-order valence-corrected chi connectivity index (χ4v) is 9.12. The molecule has 394 valence electrons. The summed E-state index contributed by atoms with van der Waals surface area (Å²) < 4.78 is 30.9. The summed E-state index contributed by atoms with van der Waals surface area (Å²) >= 11 is 0. The minimum Gasteiger partial charge on any atom is -0.494 e. The largest absolute Gasteiger partial charge is 1.04 e. The quantitative estimate of drug-likeness (QED) is 0.0137. The summed E-state index contributed by atoms with van der Waals surface area (Å²) in [7, 11) is 3.87. The van der Waals surface area contributed by atoms with Gasteiger partial charge in [0.25, 0.3) is 0 Å². The van der Waals surface area contributed by atoms with Crippen LogP contribution in [0.4, 0.5) is 0 Å². The van der Waals surface area contributed by atoms with Crippen molar-refractivity contribution < 1.29 is 37.7 Å². The molecular weight excluding hydrogens is 942 g/mol. The average Bonchev–Trinajstić information content (AvgIpc) is 4.05. The van der Waals surface area contributed by atoms with Crippen molar-refractivity contribution in [3.8, 4) is 46.7 Å². The number of benzene rings is 4. The van der Waals surface area contributed by atoms with Crippen LogP contribution in [-0.4, -0.2) is 49.4 Å². The molecule has 0 fully saturated rings. The molecule has 0 N–H and O–H groups in total. The number of hydrogen-bond acceptors (Lipinski definition) is 6. The monoisotopic (exact) mass is 1020 g/mol. The number of carbonyl (C=O) groups is 2. The molecule has 0 unspecified atom stereocenters. The molecule has 0 amide bonds. The number of unbranched alkanes of at least 4 members (excludes halogenated alkanes) is 22. The standard InChI is InChI=1S/C64H78B2N4O6/c1-3-5-7-9-11-13-15-17-19-21-23-25-47-73-59-43-35-57(36-44-59)63(71)75-61-39-31-53(32-40-61)27-29-55-49-67-65-69-51-56(52-70(69)66-68(67)50-55)30-28-54-33-41-62(42-34-54)76-64(72)58-37-45-60(46-38-58)74-48-26-24-22-20-18-16-14-12-10-8-6-4-2/h31-46,49-52H,3-26,47-48H2,1-2H3/q+2. The zero-order valence-corrected chi connectivity index (χ0v) is 45.3. The molecule has 3 heterocycles. The van der Waals surface area contributed by atoms with Crippen LogP contribution < -0.4 is 28.1 Å². The minimum atomic E-state index is -0.423. The van der Waals surface area contributed by atoms with E-state index in [1.165, 1.54) is 141 Å². The number of nitrogens with zero attached hydrogens (tertiary/aromatic N) is 4. The topological polar surface area (TPSA) is 88.7 Å². The van der Waals surface area contributed by atoms with E-state index in [1.54, 1.807) is 48.5 Å². The summed E-state index contributed by atoms with van der Waals surface area (Å²) in [5.74, 6) is 14.5. The van der Waals surface area contributed by atoms with Crippen LogP contribution in [0.3, 0.4) is 0 Å². The molecule has 0 spiro atoms. The molecule has 0 atom stereocenters. The lowest BCUT2D eigenvalue weighted by molar-refractivity contribution is -0.742. The van der Waals surface area contributed by atoms with Gasteiger partial charge < -0.3 is 18.9 Å². The number of carbonyl (C=O) groups excluding carboxylic acids is 2. The van der Waals surface area contributed by atoms with Crippen molar-refractivity contribution in [2.75, 3.05) is 13.2 Å². The Balaban J connectivity index is 0.765. The third-order valence-corrected chi connectivity index (χ3v) is 13.6. The van der Waals surface area contributed by atoms with Gasteiger partial charge in [0, 0.05) is 11.1 Å². The molecule has 1 aliphatic rings.